The number of para-hydroxylation sites is 2. The number of aromatic nitrogens is 2. The summed E-state index contributed by atoms with van der Waals surface area (Å²) in [5.41, 5.74) is 5.68. The summed E-state index contributed by atoms with van der Waals surface area (Å²) in [5.74, 6) is 3.13. The van der Waals surface area contributed by atoms with Crippen LogP contribution in [0.4, 0.5) is 0 Å². The van der Waals surface area contributed by atoms with Crippen LogP contribution in [-0.2, 0) is 13.2 Å². The van der Waals surface area contributed by atoms with Crippen LogP contribution in [0.15, 0.2) is 66.7 Å². The second-order valence-electron chi connectivity index (χ2n) is 8.32. The molecule has 4 nitrogen and oxygen atoms in total. The highest BCUT2D eigenvalue weighted by atomic mass is 16.5. The summed E-state index contributed by atoms with van der Waals surface area (Å²) in [7, 11) is 0. The molecule has 4 heteroatoms. The lowest BCUT2D eigenvalue weighted by Crippen LogP contribution is -2.13. The highest BCUT2D eigenvalue weighted by molar-refractivity contribution is 5.75. The molecule has 0 aliphatic carbocycles. The number of hydrogen-bond donors (Lipinski definition) is 0. The number of nitrogens with zero attached hydrogens (tertiary/aromatic N) is 2. The minimum atomic E-state index is 0.400. The highest BCUT2D eigenvalue weighted by Crippen LogP contribution is 2.28. The van der Waals surface area contributed by atoms with E-state index in [1.165, 1.54) is 16.7 Å². The molecule has 4 aromatic rings. The largest absolute Gasteiger partial charge is 0.492 e. The summed E-state index contributed by atoms with van der Waals surface area (Å²) in [5, 5.41) is 0. The summed E-state index contributed by atoms with van der Waals surface area (Å²) < 4.78 is 14.5. The Morgan fingerprint density at radius 1 is 0.871 bits per heavy atom. The molecule has 0 bridgehead atoms. The van der Waals surface area contributed by atoms with Gasteiger partial charge in [0.15, 0.2) is 0 Å². The van der Waals surface area contributed by atoms with Gasteiger partial charge in [0.25, 0.3) is 0 Å². The molecule has 4 rings (SSSR count). The molecule has 0 saturated carbocycles. The van der Waals surface area contributed by atoms with Gasteiger partial charge in [0.05, 0.1) is 17.6 Å². The zero-order chi connectivity index (χ0) is 21.8. The molecule has 0 aliphatic rings. The van der Waals surface area contributed by atoms with Crippen molar-refractivity contribution in [2.24, 2.45) is 0 Å². The Hall–Kier alpha value is -3.27. The van der Waals surface area contributed by atoms with Crippen LogP contribution in [0, 0.1) is 13.8 Å². The van der Waals surface area contributed by atoms with Crippen LogP contribution in [-0.4, -0.2) is 16.2 Å². The Balaban J connectivity index is 1.55. The fourth-order valence-electron chi connectivity index (χ4n) is 3.83. The van der Waals surface area contributed by atoms with E-state index < -0.39 is 0 Å². The second-order valence-corrected chi connectivity index (χ2v) is 8.32. The molecular formula is C27H30N2O2. The van der Waals surface area contributed by atoms with Gasteiger partial charge in [-0.05, 0) is 66.8 Å². The molecule has 31 heavy (non-hydrogen) atoms. The van der Waals surface area contributed by atoms with Crippen molar-refractivity contribution < 1.29 is 9.47 Å². The van der Waals surface area contributed by atoms with Crippen molar-refractivity contribution in [1.82, 2.24) is 9.55 Å². The maximum absolute atomic E-state index is 6.29. The first-order valence-corrected chi connectivity index (χ1v) is 10.9. The maximum atomic E-state index is 6.29. The quantitative estimate of drug-likeness (QED) is 0.333. The van der Waals surface area contributed by atoms with Crippen LogP contribution in [0.5, 0.6) is 11.5 Å². The number of imidazole rings is 1. The molecular weight excluding hydrogens is 384 g/mol. The van der Waals surface area contributed by atoms with E-state index in [0.29, 0.717) is 25.7 Å². The van der Waals surface area contributed by atoms with Crippen LogP contribution in [0.25, 0.3) is 11.0 Å². The van der Waals surface area contributed by atoms with Gasteiger partial charge in [-0.2, -0.15) is 0 Å². The summed E-state index contributed by atoms with van der Waals surface area (Å²) in [6.07, 6.45) is 0. The lowest BCUT2D eigenvalue weighted by Gasteiger charge is -2.16. The molecule has 0 unspecified atom stereocenters. The Morgan fingerprint density at radius 3 is 2.48 bits per heavy atom. The molecule has 0 fully saturated rings. The molecule has 0 N–H and O–H groups in total. The van der Waals surface area contributed by atoms with Gasteiger partial charge in [0.2, 0.25) is 0 Å². The number of aryl methyl sites for hydroxylation is 2. The van der Waals surface area contributed by atoms with Crippen LogP contribution < -0.4 is 9.47 Å². The minimum Gasteiger partial charge on any atom is -0.492 e. The lowest BCUT2D eigenvalue weighted by atomic mass is 10.0. The summed E-state index contributed by atoms with van der Waals surface area (Å²) in [4.78, 5) is 4.85. The molecule has 0 saturated heterocycles. The van der Waals surface area contributed by atoms with Crippen LogP contribution >= 0.6 is 0 Å². The zero-order valence-electron chi connectivity index (χ0n) is 18.8. The fraction of sp³-hybridized carbons (Fsp3) is 0.296. The number of fused-ring (bicyclic) bond motifs is 1. The fourth-order valence-corrected chi connectivity index (χ4v) is 3.83. The average Bonchev–Trinajstić information content (AvgIpc) is 3.10. The van der Waals surface area contributed by atoms with Gasteiger partial charge in [-0.25, -0.2) is 4.98 Å². The van der Waals surface area contributed by atoms with Crippen molar-refractivity contribution >= 4 is 11.0 Å². The number of hydrogen-bond acceptors (Lipinski definition) is 3. The van der Waals surface area contributed by atoms with Gasteiger partial charge < -0.3 is 14.0 Å². The van der Waals surface area contributed by atoms with Crippen molar-refractivity contribution in [2.75, 3.05) is 6.61 Å². The number of rotatable bonds is 8. The highest BCUT2D eigenvalue weighted by Gasteiger charge is 2.14. The first-order valence-electron chi connectivity index (χ1n) is 10.9. The topological polar surface area (TPSA) is 36.3 Å². The predicted molar refractivity (Wildman–Crippen MR) is 126 cm³/mol. The van der Waals surface area contributed by atoms with Gasteiger partial charge in [-0.15, -0.1) is 0 Å². The SMILES string of the molecule is Cc1cccc(OCCn2c(COc3cc(C)ccc3C(C)C)nc3ccccc32)c1. The summed E-state index contributed by atoms with van der Waals surface area (Å²) in [6.45, 7) is 10.2. The van der Waals surface area contributed by atoms with E-state index in [1.807, 2.05) is 30.3 Å². The summed E-state index contributed by atoms with van der Waals surface area (Å²) in [6, 6.07) is 22.8. The predicted octanol–water partition coefficient (Wildman–Crippen LogP) is 6.43. The van der Waals surface area contributed by atoms with E-state index in [1.54, 1.807) is 0 Å². The molecule has 1 heterocycles. The van der Waals surface area contributed by atoms with E-state index in [0.717, 1.165) is 28.4 Å². The monoisotopic (exact) mass is 414 g/mol. The lowest BCUT2D eigenvalue weighted by molar-refractivity contribution is 0.270. The van der Waals surface area contributed by atoms with E-state index in [9.17, 15) is 0 Å². The van der Waals surface area contributed by atoms with Crippen molar-refractivity contribution in [3.8, 4) is 11.5 Å². The molecule has 1 aromatic heterocycles. The van der Waals surface area contributed by atoms with Crippen molar-refractivity contribution in [1.29, 1.82) is 0 Å². The third-order valence-corrected chi connectivity index (χ3v) is 5.45. The van der Waals surface area contributed by atoms with Gasteiger partial charge in [0, 0.05) is 0 Å². The first kappa shape index (κ1) is 21.0. The van der Waals surface area contributed by atoms with Gasteiger partial charge >= 0.3 is 0 Å². The Labute approximate surface area is 184 Å². The van der Waals surface area contributed by atoms with Gasteiger partial charge in [0.1, 0.15) is 30.5 Å². The van der Waals surface area contributed by atoms with Crippen LogP contribution in [0.2, 0.25) is 0 Å². The minimum absolute atomic E-state index is 0.400. The number of benzene rings is 3. The molecule has 0 aliphatic heterocycles. The standard InChI is InChI=1S/C27H30N2O2/c1-19(2)23-13-12-21(4)17-26(23)31-18-27-28-24-10-5-6-11-25(24)29(27)14-15-30-22-9-7-8-20(3)16-22/h5-13,16-17,19H,14-15,18H2,1-4H3. The molecule has 0 radical (unpaired) electrons. The first-order chi connectivity index (χ1) is 15.0. The third kappa shape index (κ3) is 4.91. The van der Waals surface area contributed by atoms with Crippen LogP contribution in [0.3, 0.4) is 0 Å². The Kier molecular flexibility index (Phi) is 6.26. The van der Waals surface area contributed by atoms with Gasteiger partial charge in [-0.1, -0.05) is 50.2 Å². The molecule has 0 spiro atoms. The Bertz CT molecular complexity index is 1180. The van der Waals surface area contributed by atoms with E-state index in [2.05, 4.69) is 68.7 Å². The normalized spacial score (nSPS) is 11.3. The van der Waals surface area contributed by atoms with Crippen LogP contribution in [0.1, 0.15) is 42.3 Å². The van der Waals surface area contributed by atoms with Crippen molar-refractivity contribution in [2.45, 2.75) is 46.8 Å². The van der Waals surface area contributed by atoms with Crippen molar-refractivity contribution in [3.63, 3.8) is 0 Å². The van der Waals surface area contributed by atoms with Gasteiger partial charge in [-0.3, -0.25) is 0 Å². The van der Waals surface area contributed by atoms with E-state index in [4.69, 9.17) is 14.5 Å². The summed E-state index contributed by atoms with van der Waals surface area (Å²) >= 11 is 0. The number of ether oxygens (including phenoxy) is 2. The third-order valence-electron chi connectivity index (χ3n) is 5.45. The molecule has 3 aromatic carbocycles. The Morgan fingerprint density at radius 2 is 1.68 bits per heavy atom. The zero-order valence-corrected chi connectivity index (χ0v) is 18.8. The second kappa shape index (κ2) is 9.25. The maximum Gasteiger partial charge on any atom is 0.148 e. The molecule has 0 atom stereocenters. The van der Waals surface area contributed by atoms with E-state index in [-0.39, 0.29) is 0 Å². The average molecular weight is 415 g/mol. The molecule has 160 valence electrons. The van der Waals surface area contributed by atoms with E-state index >= 15 is 0 Å². The molecule has 0 amide bonds. The van der Waals surface area contributed by atoms with Crippen molar-refractivity contribution in [3.05, 3.63) is 89.2 Å². The smallest absolute Gasteiger partial charge is 0.148 e.